The molecule has 0 aliphatic carbocycles. The van der Waals surface area contributed by atoms with Gasteiger partial charge in [0.2, 0.25) is 0 Å². The minimum absolute atomic E-state index is 0.0602. The van der Waals surface area contributed by atoms with E-state index in [4.69, 9.17) is 18.9 Å². The van der Waals surface area contributed by atoms with Crippen LogP contribution < -0.4 is 9.67 Å². The zero-order valence-electron chi connectivity index (χ0n) is 13.6. The molecule has 0 saturated carbocycles. The third-order valence-electron chi connectivity index (χ3n) is 2.87. The van der Waals surface area contributed by atoms with E-state index in [0.29, 0.717) is 5.56 Å². The minimum atomic E-state index is -5.25. The number of halogens is 1. The molecular formula is C14H16AsClN2O7S. The molecule has 0 atom stereocenters. The molecule has 12 heteroatoms. The first-order chi connectivity index (χ1) is 11.8. The van der Waals surface area contributed by atoms with Gasteiger partial charge in [-0.05, 0) is 18.6 Å². The maximum absolute atomic E-state index is 11.1. The fraction of sp³-hybridized carbons (Fsp3) is 0.143. The molecule has 0 bridgehead atoms. The van der Waals surface area contributed by atoms with Gasteiger partial charge in [-0.25, -0.2) is 8.42 Å². The van der Waals surface area contributed by atoms with Crippen molar-refractivity contribution in [2.45, 2.75) is 18.7 Å². The topological polar surface area (TPSA) is 154 Å². The number of carbonyl (C=O) groups is 1. The molecule has 9 nitrogen and oxygen atoms in total. The summed E-state index contributed by atoms with van der Waals surface area (Å²) in [5, 5.41) is 11.6. The standard InChI is InChI=1S/C8H10AsNO5.C6H6ClNO2S/c1-5(11)10-6-3-2-4-7(12)8(6)9(13,14)15;1-5-2-3-8-4-6(5)11(7,9)10/h2-4,12H,1H3,(H,10,11)(H2,13,14,15);2-4H,1H3. The second-order valence-corrected chi connectivity index (χ2v) is 10.7. The van der Waals surface area contributed by atoms with E-state index in [-0.39, 0.29) is 10.6 Å². The van der Waals surface area contributed by atoms with E-state index >= 15 is 0 Å². The average Bonchev–Trinajstić information content (AvgIpc) is 2.45. The number of aromatic nitrogens is 1. The summed E-state index contributed by atoms with van der Waals surface area (Å²) in [6.45, 7) is 2.87. The first-order valence-electron chi connectivity index (χ1n) is 6.85. The van der Waals surface area contributed by atoms with E-state index in [2.05, 4.69) is 10.3 Å². The molecule has 2 aromatic rings. The predicted molar refractivity (Wildman–Crippen MR) is 94.9 cm³/mol. The van der Waals surface area contributed by atoms with Gasteiger partial charge in [-0.1, -0.05) is 0 Å². The van der Waals surface area contributed by atoms with E-state index in [1.165, 1.54) is 31.5 Å². The van der Waals surface area contributed by atoms with Gasteiger partial charge < -0.3 is 0 Å². The van der Waals surface area contributed by atoms with Crippen LogP contribution in [0.1, 0.15) is 12.5 Å². The number of aryl methyl sites for hydroxylation is 1. The summed E-state index contributed by atoms with van der Waals surface area (Å²) in [6.07, 6.45) is 2.75. The van der Waals surface area contributed by atoms with Crippen molar-refractivity contribution in [3.8, 4) is 5.75 Å². The summed E-state index contributed by atoms with van der Waals surface area (Å²) in [4.78, 5) is 14.5. The Morgan fingerprint density at radius 2 is 1.88 bits per heavy atom. The quantitative estimate of drug-likeness (QED) is 0.370. The summed E-state index contributed by atoms with van der Waals surface area (Å²) >= 11 is -5.25. The van der Waals surface area contributed by atoms with Crippen molar-refractivity contribution >= 4 is 49.9 Å². The molecule has 0 aliphatic rings. The predicted octanol–water partition coefficient (Wildman–Crippen LogP) is 0.229. The van der Waals surface area contributed by atoms with Gasteiger partial charge in [0.1, 0.15) is 4.90 Å². The van der Waals surface area contributed by atoms with Crippen molar-refractivity contribution in [1.29, 1.82) is 0 Å². The Kier molecular flexibility index (Phi) is 7.43. The van der Waals surface area contributed by atoms with Gasteiger partial charge in [0.15, 0.2) is 0 Å². The Morgan fingerprint density at radius 1 is 1.27 bits per heavy atom. The maximum Gasteiger partial charge on any atom is 0.263 e. The van der Waals surface area contributed by atoms with Gasteiger partial charge in [0.05, 0.1) is 0 Å². The van der Waals surface area contributed by atoms with Crippen molar-refractivity contribution in [3.63, 3.8) is 0 Å². The molecule has 142 valence electrons. The smallest absolute Gasteiger partial charge is 0.263 e. The Labute approximate surface area is 157 Å². The summed E-state index contributed by atoms with van der Waals surface area (Å²) < 4.78 is 50.2. The zero-order chi connectivity index (χ0) is 20.1. The number of rotatable bonds is 3. The van der Waals surface area contributed by atoms with Gasteiger partial charge in [0.25, 0.3) is 9.05 Å². The SMILES string of the molecule is CC(=O)Nc1cccc(O)c1[As](=O)(O)O.Cc1ccncc1S(=O)(=O)Cl. The van der Waals surface area contributed by atoms with Crippen molar-refractivity contribution in [2.24, 2.45) is 0 Å². The molecule has 26 heavy (non-hydrogen) atoms. The van der Waals surface area contributed by atoms with Crippen LogP contribution in [0.15, 0.2) is 41.6 Å². The van der Waals surface area contributed by atoms with Gasteiger partial charge in [0, 0.05) is 23.1 Å². The van der Waals surface area contributed by atoms with Gasteiger partial charge in [-0.2, -0.15) is 0 Å². The molecule has 2 rings (SSSR count). The number of hydrogen-bond acceptors (Lipinski definition) is 6. The molecule has 0 aliphatic heterocycles. The summed E-state index contributed by atoms with van der Waals surface area (Å²) in [7, 11) is 1.47. The van der Waals surface area contributed by atoms with Crippen molar-refractivity contribution in [2.75, 3.05) is 5.32 Å². The molecule has 0 fully saturated rings. The molecular weight excluding hydrogens is 451 g/mol. The number of benzene rings is 1. The molecule has 0 saturated heterocycles. The normalized spacial score (nSPS) is 11.3. The molecule has 1 aromatic carbocycles. The zero-order valence-corrected chi connectivity index (χ0v) is 17.1. The molecule has 1 aromatic heterocycles. The number of pyridine rings is 1. The number of nitrogens with zero attached hydrogens (tertiary/aromatic N) is 1. The Bertz CT molecular complexity index is 960. The fourth-order valence-electron chi connectivity index (χ4n) is 1.83. The van der Waals surface area contributed by atoms with E-state index in [0.717, 1.165) is 6.07 Å². The first-order valence-corrected chi connectivity index (χ1v) is 12.5. The van der Waals surface area contributed by atoms with Crippen LogP contribution in [0.4, 0.5) is 5.69 Å². The second-order valence-electron chi connectivity index (χ2n) is 4.98. The third-order valence-corrected chi connectivity index (χ3v) is 6.53. The summed E-state index contributed by atoms with van der Waals surface area (Å²) in [5.41, 5.74) is 0.546. The van der Waals surface area contributed by atoms with Gasteiger partial charge in [-0.15, -0.1) is 0 Å². The van der Waals surface area contributed by atoms with E-state index in [1.54, 1.807) is 13.0 Å². The monoisotopic (exact) mass is 466 g/mol. The van der Waals surface area contributed by atoms with E-state index in [1.807, 2.05) is 0 Å². The van der Waals surface area contributed by atoms with Crippen LogP contribution in [-0.4, -0.2) is 46.8 Å². The summed E-state index contributed by atoms with van der Waals surface area (Å²) in [5.74, 6) is -0.987. The van der Waals surface area contributed by atoms with Gasteiger partial charge in [-0.3, -0.25) is 4.98 Å². The average molecular weight is 467 g/mol. The Balaban J connectivity index is 0.000000273. The Morgan fingerprint density at radius 3 is 2.31 bits per heavy atom. The Hall–Kier alpha value is -1.84. The molecule has 0 unspecified atom stereocenters. The molecule has 0 spiro atoms. The number of amides is 1. The number of carbonyl (C=O) groups excluding carboxylic acids is 1. The first kappa shape index (κ1) is 22.2. The van der Waals surface area contributed by atoms with Gasteiger partial charge >= 0.3 is 88.1 Å². The van der Waals surface area contributed by atoms with Crippen LogP contribution in [-0.2, 0) is 17.6 Å². The minimum Gasteiger partial charge on any atom is -0.263 e. The molecule has 4 N–H and O–H groups in total. The number of hydrogen-bond donors (Lipinski definition) is 4. The van der Waals surface area contributed by atoms with Crippen LogP contribution in [0.3, 0.4) is 0 Å². The number of aromatic hydroxyl groups is 1. The van der Waals surface area contributed by atoms with Crippen molar-refractivity contribution in [3.05, 3.63) is 42.2 Å². The van der Waals surface area contributed by atoms with Crippen LogP contribution >= 0.6 is 10.7 Å². The van der Waals surface area contributed by atoms with E-state index < -0.39 is 39.2 Å². The molecule has 1 heterocycles. The molecule has 0 radical (unpaired) electrons. The van der Waals surface area contributed by atoms with Crippen molar-refractivity contribution < 1.29 is 30.2 Å². The fourth-order valence-corrected chi connectivity index (χ4v) is 4.67. The number of anilines is 1. The van der Waals surface area contributed by atoms with E-state index in [9.17, 15) is 22.1 Å². The van der Waals surface area contributed by atoms with Crippen LogP contribution in [0.5, 0.6) is 5.75 Å². The third kappa shape index (κ3) is 6.47. The largest absolute Gasteiger partial charge is 0.263 e. The second kappa shape index (κ2) is 8.70. The number of phenols is 1. The number of nitrogens with one attached hydrogen (secondary N) is 1. The maximum atomic E-state index is 11.1. The number of phenolic OH excluding ortho intramolecular Hbond substituents is 1. The summed E-state index contributed by atoms with van der Waals surface area (Å²) in [6, 6.07) is 5.45. The molecule has 1 amide bonds. The van der Waals surface area contributed by atoms with Crippen molar-refractivity contribution in [1.82, 2.24) is 4.98 Å². The van der Waals surface area contributed by atoms with Crippen LogP contribution in [0.2, 0.25) is 0 Å². The van der Waals surface area contributed by atoms with Crippen LogP contribution in [0.25, 0.3) is 0 Å². The van der Waals surface area contributed by atoms with Crippen LogP contribution in [0, 0.1) is 6.92 Å².